The summed E-state index contributed by atoms with van der Waals surface area (Å²) in [6, 6.07) is 5.94. The van der Waals surface area contributed by atoms with E-state index in [1.54, 1.807) is 24.8 Å². The van der Waals surface area contributed by atoms with E-state index in [1.165, 1.54) is 22.5 Å². The average Bonchev–Trinajstić information content (AvgIpc) is 3.10. The van der Waals surface area contributed by atoms with E-state index in [2.05, 4.69) is 47.0 Å². The molecule has 1 aromatic carbocycles. The van der Waals surface area contributed by atoms with Crippen molar-refractivity contribution in [3.63, 3.8) is 0 Å². The van der Waals surface area contributed by atoms with Gasteiger partial charge in [0.1, 0.15) is 0 Å². The van der Waals surface area contributed by atoms with Gasteiger partial charge < -0.3 is 9.09 Å². The molecule has 3 aromatic rings. The van der Waals surface area contributed by atoms with E-state index >= 15 is 0 Å². The minimum atomic E-state index is -0.395. The van der Waals surface area contributed by atoms with Gasteiger partial charge in [0.2, 0.25) is 5.76 Å². The number of thiazole rings is 1. The minimum absolute atomic E-state index is 0.175. The second kappa shape index (κ2) is 6.94. The van der Waals surface area contributed by atoms with Crippen LogP contribution in [0.25, 0.3) is 10.2 Å². The molecule has 0 aliphatic carbocycles. The molecule has 2 heterocycles. The lowest BCUT2D eigenvalue weighted by atomic mass is 10.1. The molecule has 0 bridgehead atoms. The zero-order valence-electron chi connectivity index (χ0n) is 14.1. The molecule has 0 aliphatic heterocycles. The monoisotopic (exact) mass is 361 g/mol. The Balaban J connectivity index is 2.14. The third-order valence-electron chi connectivity index (χ3n) is 3.85. The molecule has 0 spiro atoms. The molecule has 126 valence electrons. The largest absolute Gasteiger partial charge is 0.351 e. The van der Waals surface area contributed by atoms with E-state index in [0.717, 1.165) is 22.5 Å². The Morgan fingerprint density at radius 3 is 2.71 bits per heavy atom. The highest BCUT2D eigenvalue weighted by Crippen LogP contribution is 2.22. The number of carbonyl (C=O) groups is 1. The molecule has 2 aromatic heterocycles. The third-order valence-corrected chi connectivity index (χ3v) is 5.49. The summed E-state index contributed by atoms with van der Waals surface area (Å²) >= 11 is 3.30. The maximum Gasteiger partial charge on any atom is 0.318 e. The van der Waals surface area contributed by atoms with Crippen molar-refractivity contribution in [2.24, 2.45) is 4.99 Å². The summed E-state index contributed by atoms with van der Waals surface area (Å²) < 4.78 is 8.28. The number of nitrogens with zero attached hydrogens (tertiary/aromatic N) is 3. The summed E-state index contributed by atoms with van der Waals surface area (Å²) in [5.74, 6) is 0.740. The fourth-order valence-electron chi connectivity index (χ4n) is 2.41. The number of hydrogen-bond acceptors (Lipinski definition) is 5. The van der Waals surface area contributed by atoms with E-state index in [-0.39, 0.29) is 5.76 Å². The predicted molar refractivity (Wildman–Crippen MR) is 98.8 cm³/mol. The average molecular weight is 361 g/mol. The maximum absolute atomic E-state index is 12.4. The Kier molecular flexibility index (Phi) is 4.91. The molecule has 7 heteroatoms. The molecule has 3 rings (SSSR count). The second-order valence-corrected chi connectivity index (χ2v) is 7.68. The first-order valence-electron chi connectivity index (χ1n) is 7.61. The molecule has 0 radical (unpaired) electrons. The number of rotatable bonds is 4. The zero-order valence-corrected chi connectivity index (χ0v) is 15.8. The molecule has 0 unspecified atom stereocenters. The van der Waals surface area contributed by atoms with Crippen LogP contribution in [0.15, 0.2) is 27.7 Å². The van der Waals surface area contributed by atoms with E-state index in [1.807, 2.05) is 0 Å². The van der Waals surface area contributed by atoms with E-state index < -0.39 is 5.91 Å². The van der Waals surface area contributed by atoms with Crippen LogP contribution >= 0.6 is 23.1 Å². The van der Waals surface area contributed by atoms with Crippen LogP contribution in [-0.2, 0) is 6.54 Å². The van der Waals surface area contributed by atoms with Crippen molar-refractivity contribution < 1.29 is 9.32 Å². The smallest absolute Gasteiger partial charge is 0.318 e. The van der Waals surface area contributed by atoms with Crippen LogP contribution in [0, 0.1) is 20.8 Å². The molecular weight excluding hydrogens is 342 g/mol. The standard InChI is InChI=1S/C17H19N3O2S2/c1-10-7-13-15(8-11(10)2)24-17(20(13)5-6-23-4)18-16(21)14-9-12(3)19-22-14/h7-9H,5-6H2,1-4H3. The van der Waals surface area contributed by atoms with Gasteiger partial charge in [-0.25, -0.2) is 0 Å². The number of aryl methyl sites for hydroxylation is 4. The summed E-state index contributed by atoms with van der Waals surface area (Å²) in [7, 11) is 0. The lowest BCUT2D eigenvalue weighted by Crippen LogP contribution is -2.18. The highest BCUT2D eigenvalue weighted by atomic mass is 32.2. The molecule has 0 atom stereocenters. The normalized spacial score (nSPS) is 12.2. The van der Waals surface area contributed by atoms with Crippen molar-refractivity contribution in [3.05, 3.63) is 45.6 Å². The Hall–Kier alpha value is -1.86. The first-order valence-corrected chi connectivity index (χ1v) is 9.82. The van der Waals surface area contributed by atoms with Gasteiger partial charge in [-0.3, -0.25) is 4.79 Å². The Morgan fingerprint density at radius 1 is 1.29 bits per heavy atom. The molecule has 0 aliphatic rings. The molecule has 1 amide bonds. The van der Waals surface area contributed by atoms with Gasteiger partial charge in [-0.1, -0.05) is 16.5 Å². The molecule has 0 fully saturated rings. The molecule has 0 saturated carbocycles. The van der Waals surface area contributed by atoms with Gasteiger partial charge in [0.05, 0.1) is 15.9 Å². The van der Waals surface area contributed by atoms with Crippen molar-refractivity contribution in [1.82, 2.24) is 9.72 Å². The number of thioether (sulfide) groups is 1. The fraction of sp³-hybridized carbons (Fsp3) is 0.353. The fourth-order valence-corrected chi connectivity index (χ4v) is 3.91. The second-order valence-electron chi connectivity index (χ2n) is 5.68. The number of aromatic nitrogens is 2. The highest BCUT2D eigenvalue weighted by Gasteiger charge is 2.13. The highest BCUT2D eigenvalue weighted by molar-refractivity contribution is 7.98. The molecule has 5 nitrogen and oxygen atoms in total. The van der Waals surface area contributed by atoms with Gasteiger partial charge in [-0.15, -0.1) is 0 Å². The molecule has 0 saturated heterocycles. The minimum Gasteiger partial charge on any atom is -0.351 e. The number of carbonyl (C=O) groups excluding carboxylic acids is 1. The predicted octanol–water partition coefficient (Wildman–Crippen LogP) is 3.72. The molecular formula is C17H19N3O2S2. The first kappa shape index (κ1) is 17.0. The van der Waals surface area contributed by atoms with Crippen molar-refractivity contribution in [2.75, 3.05) is 12.0 Å². The maximum atomic E-state index is 12.4. The number of hydrogen-bond donors (Lipinski definition) is 0. The van der Waals surface area contributed by atoms with Crippen LogP contribution in [0.1, 0.15) is 27.4 Å². The number of benzene rings is 1. The summed E-state index contributed by atoms with van der Waals surface area (Å²) in [4.78, 5) is 17.3. The summed E-state index contributed by atoms with van der Waals surface area (Å²) in [6.07, 6.45) is 2.07. The SMILES string of the molecule is CSCCn1c(=NC(=O)c2cc(C)no2)sc2cc(C)c(C)cc21. The van der Waals surface area contributed by atoms with E-state index in [4.69, 9.17) is 4.52 Å². The van der Waals surface area contributed by atoms with Crippen LogP contribution in [0.5, 0.6) is 0 Å². The van der Waals surface area contributed by atoms with Crippen molar-refractivity contribution in [1.29, 1.82) is 0 Å². The lowest BCUT2D eigenvalue weighted by Gasteiger charge is -2.05. The van der Waals surface area contributed by atoms with Crippen molar-refractivity contribution in [2.45, 2.75) is 27.3 Å². The van der Waals surface area contributed by atoms with Crippen LogP contribution in [0.4, 0.5) is 0 Å². The van der Waals surface area contributed by atoms with E-state index in [9.17, 15) is 4.79 Å². The molecule has 0 N–H and O–H groups in total. The van der Waals surface area contributed by atoms with Gasteiger partial charge in [-0.2, -0.15) is 16.8 Å². The summed E-state index contributed by atoms with van der Waals surface area (Å²) in [5, 5.41) is 3.75. The van der Waals surface area contributed by atoms with Crippen molar-refractivity contribution >= 4 is 39.2 Å². The summed E-state index contributed by atoms with van der Waals surface area (Å²) in [5.41, 5.74) is 4.27. The Morgan fingerprint density at radius 2 is 2.04 bits per heavy atom. The quantitative estimate of drug-likeness (QED) is 0.710. The van der Waals surface area contributed by atoms with Crippen LogP contribution in [-0.4, -0.2) is 27.6 Å². The Labute approximate surface area is 148 Å². The van der Waals surface area contributed by atoms with Gasteiger partial charge in [0, 0.05) is 18.4 Å². The zero-order chi connectivity index (χ0) is 17.3. The van der Waals surface area contributed by atoms with Crippen LogP contribution < -0.4 is 4.80 Å². The van der Waals surface area contributed by atoms with Gasteiger partial charge in [0.25, 0.3) is 0 Å². The van der Waals surface area contributed by atoms with E-state index in [0.29, 0.717) is 10.5 Å². The third kappa shape index (κ3) is 3.32. The topological polar surface area (TPSA) is 60.4 Å². The van der Waals surface area contributed by atoms with Gasteiger partial charge >= 0.3 is 5.91 Å². The van der Waals surface area contributed by atoms with Gasteiger partial charge in [0.15, 0.2) is 4.80 Å². The summed E-state index contributed by atoms with van der Waals surface area (Å²) in [6.45, 7) is 6.79. The molecule has 24 heavy (non-hydrogen) atoms. The van der Waals surface area contributed by atoms with Crippen LogP contribution in [0.2, 0.25) is 0 Å². The number of amides is 1. The number of fused-ring (bicyclic) bond motifs is 1. The van der Waals surface area contributed by atoms with Crippen LogP contribution in [0.3, 0.4) is 0 Å². The first-order chi connectivity index (χ1) is 11.5. The Bertz CT molecular complexity index is 966. The lowest BCUT2D eigenvalue weighted by molar-refractivity contribution is 0.0962. The van der Waals surface area contributed by atoms with Gasteiger partial charge in [-0.05, 0) is 50.3 Å². The van der Waals surface area contributed by atoms with Crippen molar-refractivity contribution in [3.8, 4) is 0 Å².